The first-order valence-electron chi connectivity index (χ1n) is 5.89. The summed E-state index contributed by atoms with van der Waals surface area (Å²) in [6.45, 7) is 5.14. The first-order chi connectivity index (χ1) is 7.95. The van der Waals surface area contributed by atoms with Crippen LogP contribution < -0.4 is 5.73 Å². The molecule has 1 saturated carbocycles. The number of hydrogen-bond donors (Lipinski definition) is 1. The summed E-state index contributed by atoms with van der Waals surface area (Å²) in [5.41, 5.74) is 7.78. The van der Waals surface area contributed by atoms with Crippen LogP contribution in [0.25, 0.3) is 0 Å². The lowest BCUT2D eigenvalue weighted by Gasteiger charge is -2.07. The lowest BCUT2D eigenvalue weighted by Crippen LogP contribution is -2.10. The molecule has 2 N–H and O–H groups in total. The predicted molar refractivity (Wildman–Crippen MR) is 65.8 cm³/mol. The molecule has 2 unspecified atom stereocenters. The molecule has 0 spiro atoms. The van der Waals surface area contributed by atoms with Crippen LogP contribution in [0.4, 0.5) is 0 Å². The summed E-state index contributed by atoms with van der Waals surface area (Å²) in [7, 11) is 3.31. The predicted octanol–water partition coefficient (Wildman–Crippen LogP) is 1.51. The van der Waals surface area contributed by atoms with E-state index in [1.54, 1.807) is 0 Å². The van der Waals surface area contributed by atoms with E-state index in [4.69, 9.17) is 10.5 Å². The van der Waals surface area contributed by atoms with Crippen LogP contribution >= 0.6 is 0 Å². The van der Waals surface area contributed by atoms with Gasteiger partial charge in [0.15, 0.2) is 0 Å². The van der Waals surface area contributed by atoms with Crippen LogP contribution in [-0.4, -0.2) is 24.2 Å². The van der Waals surface area contributed by atoms with Crippen molar-refractivity contribution in [2.75, 3.05) is 13.7 Å². The van der Waals surface area contributed by atoms with E-state index >= 15 is 0 Å². The minimum atomic E-state index is -0.290. The Hall–Kier alpha value is -1.29. The molecule has 1 aromatic heterocycles. The van der Waals surface area contributed by atoms with E-state index in [1.807, 2.05) is 23.7 Å². The monoisotopic (exact) mass is 236 g/mol. The molecule has 4 nitrogen and oxygen atoms in total. The maximum atomic E-state index is 11.5. The van der Waals surface area contributed by atoms with Crippen molar-refractivity contribution < 1.29 is 9.53 Å². The first-order valence-corrected chi connectivity index (χ1v) is 5.89. The van der Waals surface area contributed by atoms with E-state index < -0.39 is 0 Å². The van der Waals surface area contributed by atoms with Crippen molar-refractivity contribution in [3.63, 3.8) is 0 Å². The Kier molecular flexibility index (Phi) is 2.78. The standard InChI is InChI=1S/C13H20N2O2/c1-13(2)8(7-14)11(13)9-5-6-10(15(9)3)12(16)17-4/h5-6,8,11H,7,14H2,1-4H3. The SMILES string of the molecule is COC(=O)c1ccc(C2C(CN)C2(C)C)n1C. The quantitative estimate of drug-likeness (QED) is 0.809. The van der Waals surface area contributed by atoms with Crippen molar-refractivity contribution in [2.45, 2.75) is 19.8 Å². The number of nitrogens with zero attached hydrogens (tertiary/aromatic N) is 1. The lowest BCUT2D eigenvalue weighted by molar-refractivity contribution is 0.0589. The van der Waals surface area contributed by atoms with Gasteiger partial charge in [-0.3, -0.25) is 0 Å². The first kappa shape index (κ1) is 12.2. The van der Waals surface area contributed by atoms with Crippen LogP contribution in [-0.2, 0) is 11.8 Å². The number of carbonyl (C=O) groups excluding carboxylic acids is 1. The highest BCUT2D eigenvalue weighted by Gasteiger charge is 2.58. The van der Waals surface area contributed by atoms with Gasteiger partial charge in [0.2, 0.25) is 0 Å². The van der Waals surface area contributed by atoms with Crippen LogP contribution in [0.15, 0.2) is 12.1 Å². The summed E-state index contributed by atoms with van der Waals surface area (Å²) in [5.74, 6) is 0.652. The molecule has 0 amide bonds. The second kappa shape index (κ2) is 3.88. The van der Waals surface area contributed by atoms with Crippen LogP contribution in [0, 0.1) is 11.3 Å². The lowest BCUT2D eigenvalue weighted by atomic mass is 10.1. The number of esters is 1. The third kappa shape index (κ3) is 1.67. The molecule has 94 valence electrons. The van der Waals surface area contributed by atoms with Gasteiger partial charge in [0.05, 0.1) is 7.11 Å². The average molecular weight is 236 g/mol. The van der Waals surface area contributed by atoms with Crippen LogP contribution in [0.2, 0.25) is 0 Å². The van der Waals surface area contributed by atoms with Gasteiger partial charge in [-0.15, -0.1) is 0 Å². The summed E-state index contributed by atoms with van der Waals surface area (Å²) in [6, 6.07) is 3.83. The zero-order valence-electron chi connectivity index (χ0n) is 10.9. The van der Waals surface area contributed by atoms with Crippen molar-refractivity contribution in [2.24, 2.45) is 24.1 Å². The van der Waals surface area contributed by atoms with Crippen LogP contribution in [0.3, 0.4) is 0 Å². The van der Waals surface area contributed by atoms with Gasteiger partial charge in [-0.05, 0) is 30.0 Å². The number of hydrogen-bond acceptors (Lipinski definition) is 3. The molecular weight excluding hydrogens is 216 g/mol. The van der Waals surface area contributed by atoms with E-state index in [0.717, 1.165) is 0 Å². The molecule has 0 aromatic carbocycles. The zero-order chi connectivity index (χ0) is 12.8. The molecule has 2 atom stereocenters. The highest BCUT2D eigenvalue weighted by atomic mass is 16.5. The Morgan fingerprint density at radius 1 is 1.53 bits per heavy atom. The summed E-state index contributed by atoms with van der Waals surface area (Å²) < 4.78 is 6.68. The van der Waals surface area contributed by atoms with Crippen molar-refractivity contribution >= 4 is 5.97 Å². The maximum Gasteiger partial charge on any atom is 0.354 e. The van der Waals surface area contributed by atoms with Crippen LogP contribution in [0.5, 0.6) is 0 Å². The van der Waals surface area contributed by atoms with Gasteiger partial charge >= 0.3 is 5.97 Å². The van der Waals surface area contributed by atoms with Gasteiger partial charge in [0.1, 0.15) is 5.69 Å². The Labute approximate surface area is 102 Å². The molecular formula is C13H20N2O2. The minimum absolute atomic E-state index is 0.230. The highest BCUT2D eigenvalue weighted by Crippen LogP contribution is 2.63. The Balaban J connectivity index is 2.31. The number of ether oxygens (including phenoxy) is 1. The van der Waals surface area contributed by atoms with Gasteiger partial charge in [0.25, 0.3) is 0 Å². The normalized spacial score (nSPS) is 25.7. The Bertz CT molecular complexity index is 448. The summed E-state index contributed by atoms with van der Waals surface area (Å²) >= 11 is 0. The molecule has 4 heteroatoms. The fraction of sp³-hybridized carbons (Fsp3) is 0.615. The molecule has 1 aliphatic rings. The smallest absolute Gasteiger partial charge is 0.354 e. The van der Waals surface area contributed by atoms with Gasteiger partial charge in [-0.1, -0.05) is 13.8 Å². The third-order valence-electron chi connectivity index (χ3n) is 4.18. The molecule has 2 rings (SSSR count). The Morgan fingerprint density at radius 2 is 2.18 bits per heavy atom. The summed E-state index contributed by atoms with van der Waals surface area (Å²) in [5, 5.41) is 0. The van der Waals surface area contributed by atoms with Crippen molar-refractivity contribution in [1.82, 2.24) is 4.57 Å². The van der Waals surface area contributed by atoms with Gasteiger partial charge < -0.3 is 15.0 Å². The summed E-state index contributed by atoms with van der Waals surface area (Å²) in [4.78, 5) is 11.5. The molecule has 0 radical (unpaired) electrons. The van der Waals surface area contributed by atoms with Crippen LogP contribution in [0.1, 0.15) is 35.9 Å². The topological polar surface area (TPSA) is 57.2 Å². The molecule has 1 heterocycles. The third-order valence-corrected chi connectivity index (χ3v) is 4.18. The molecule has 1 aliphatic carbocycles. The fourth-order valence-corrected chi connectivity index (χ4v) is 2.92. The number of nitrogens with two attached hydrogens (primary N) is 1. The molecule has 17 heavy (non-hydrogen) atoms. The number of rotatable bonds is 3. The highest BCUT2D eigenvalue weighted by molar-refractivity contribution is 5.87. The minimum Gasteiger partial charge on any atom is -0.464 e. The van der Waals surface area contributed by atoms with E-state index in [0.29, 0.717) is 24.1 Å². The molecule has 0 aliphatic heterocycles. The van der Waals surface area contributed by atoms with E-state index in [1.165, 1.54) is 12.8 Å². The second-order valence-electron chi connectivity index (χ2n) is 5.34. The number of aromatic nitrogens is 1. The van der Waals surface area contributed by atoms with E-state index in [-0.39, 0.29) is 11.4 Å². The van der Waals surface area contributed by atoms with E-state index in [2.05, 4.69) is 13.8 Å². The second-order valence-corrected chi connectivity index (χ2v) is 5.34. The fourth-order valence-electron chi connectivity index (χ4n) is 2.92. The van der Waals surface area contributed by atoms with Crippen molar-refractivity contribution in [1.29, 1.82) is 0 Å². The van der Waals surface area contributed by atoms with Gasteiger partial charge in [0, 0.05) is 18.7 Å². The molecule has 1 fully saturated rings. The number of methoxy groups -OCH3 is 1. The van der Waals surface area contributed by atoms with E-state index in [9.17, 15) is 4.79 Å². The average Bonchev–Trinajstić information content (AvgIpc) is 2.64. The van der Waals surface area contributed by atoms with Crippen molar-refractivity contribution in [3.8, 4) is 0 Å². The molecule has 0 saturated heterocycles. The number of carbonyl (C=O) groups is 1. The molecule has 1 aromatic rings. The summed E-state index contributed by atoms with van der Waals surface area (Å²) in [6.07, 6.45) is 0. The Morgan fingerprint density at radius 3 is 2.65 bits per heavy atom. The zero-order valence-corrected chi connectivity index (χ0v) is 10.9. The maximum absolute atomic E-state index is 11.5. The molecule has 0 bridgehead atoms. The van der Waals surface area contributed by atoms with Gasteiger partial charge in [-0.2, -0.15) is 0 Å². The van der Waals surface area contributed by atoms with Gasteiger partial charge in [-0.25, -0.2) is 4.79 Å². The van der Waals surface area contributed by atoms with Crippen molar-refractivity contribution in [3.05, 3.63) is 23.5 Å². The largest absolute Gasteiger partial charge is 0.464 e.